The molecule has 56 valence electrons. The molecule has 1 N–H and O–H groups in total. The van der Waals surface area contributed by atoms with Gasteiger partial charge in [-0.25, -0.2) is 0 Å². The Kier molecular flexibility index (Phi) is 3.20. The zero-order chi connectivity index (χ0) is 7.49. The minimum Gasteiger partial charge on any atom is -0.390 e. The predicted octanol–water partition coefficient (Wildman–Crippen LogP) is 2.19. The quantitative estimate of drug-likeness (QED) is 0.621. The van der Waals surface area contributed by atoms with Gasteiger partial charge in [0, 0.05) is 0 Å². The van der Waals surface area contributed by atoms with Gasteiger partial charge in [0.1, 0.15) is 0 Å². The maximum Gasteiger partial charge on any atom is 0.0619 e. The summed E-state index contributed by atoms with van der Waals surface area (Å²) in [6.07, 6.45) is 1.76. The highest BCUT2D eigenvalue weighted by Crippen LogP contribution is 2.18. The Hall–Kier alpha value is -0.0400. The van der Waals surface area contributed by atoms with Crippen molar-refractivity contribution in [3.05, 3.63) is 0 Å². The van der Waals surface area contributed by atoms with E-state index in [-0.39, 0.29) is 0 Å². The van der Waals surface area contributed by atoms with Crippen molar-refractivity contribution in [3.8, 4) is 0 Å². The van der Waals surface area contributed by atoms with Gasteiger partial charge in [-0.2, -0.15) is 0 Å². The molecular weight excluding hydrogens is 112 g/mol. The first kappa shape index (κ1) is 8.96. The van der Waals surface area contributed by atoms with Gasteiger partial charge in [-0.1, -0.05) is 20.8 Å². The Morgan fingerprint density at radius 1 is 1.44 bits per heavy atom. The van der Waals surface area contributed by atoms with Gasteiger partial charge in [0.05, 0.1) is 5.60 Å². The van der Waals surface area contributed by atoms with Gasteiger partial charge in [-0.05, 0) is 25.7 Å². The highest BCUT2D eigenvalue weighted by Gasteiger charge is 2.18. The first-order chi connectivity index (χ1) is 3.98. The monoisotopic (exact) mass is 130 g/mol. The molecule has 0 bridgehead atoms. The van der Waals surface area contributed by atoms with E-state index in [1.807, 2.05) is 13.8 Å². The molecule has 0 spiro atoms. The van der Waals surface area contributed by atoms with Crippen LogP contribution in [0.25, 0.3) is 0 Å². The van der Waals surface area contributed by atoms with Crippen molar-refractivity contribution < 1.29 is 5.11 Å². The zero-order valence-corrected chi connectivity index (χ0v) is 6.94. The molecule has 0 aliphatic heterocycles. The van der Waals surface area contributed by atoms with Crippen molar-refractivity contribution in [2.24, 2.45) is 5.92 Å². The van der Waals surface area contributed by atoms with Crippen LogP contribution in [0.5, 0.6) is 0 Å². The third-order valence-corrected chi connectivity index (χ3v) is 1.61. The summed E-state index contributed by atoms with van der Waals surface area (Å²) in [6, 6.07) is 0. The van der Waals surface area contributed by atoms with E-state index in [2.05, 4.69) is 13.8 Å². The van der Waals surface area contributed by atoms with Crippen molar-refractivity contribution in [2.75, 3.05) is 0 Å². The summed E-state index contributed by atoms with van der Waals surface area (Å²) in [4.78, 5) is 0. The first-order valence-corrected chi connectivity index (χ1v) is 3.70. The topological polar surface area (TPSA) is 20.2 Å². The molecule has 0 heterocycles. The highest BCUT2D eigenvalue weighted by molar-refractivity contribution is 4.71. The standard InChI is InChI=1S/C8H18O/c1-5-8(4,9)6-7(2)3/h7,9H,5-6H2,1-4H3/t8-/m0/s1. The lowest BCUT2D eigenvalue weighted by molar-refractivity contribution is 0.0347. The van der Waals surface area contributed by atoms with Crippen molar-refractivity contribution in [1.29, 1.82) is 0 Å². The molecule has 0 fully saturated rings. The molecule has 0 aliphatic rings. The normalized spacial score (nSPS) is 18.0. The molecule has 0 amide bonds. The molecule has 1 atom stereocenters. The van der Waals surface area contributed by atoms with E-state index in [9.17, 15) is 5.11 Å². The summed E-state index contributed by atoms with van der Waals surface area (Å²) in [7, 11) is 0. The van der Waals surface area contributed by atoms with Gasteiger partial charge in [0.2, 0.25) is 0 Å². The van der Waals surface area contributed by atoms with Gasteiger partial charge < -0.3 is 5.11 Å². The van der Waals surface area contributed by atoms with Crippen LogP contribution in [0.15, 0.2) is 0 Å². The molecule has 0 saturated heterocycles. The highest BCUT2D eigenvalue weighted by atomic mass is 16.3. The van der Waals surface area contributed by atoms with Crippen LogP contribution in [0, 0.1) is 5.92 Å². The van der Waals surface area contributed by atoms with Gasteiger partial charge in [-0.15, -0.1) is 0 Å². The fourth-order valence-corrected chi connectivity index (χ4v) is 1.02. The van der Waals surface area contributed by atoms with Crippen molar-refractivity contribution in [2.45, 2.75) is 46.1 Å². The Balaban J connectivity index is 3.58. The van der Waals surface area contributed by atoms with Crippen LogP contribution in [0.3, 0.4) is 0 Å². The molecule has 0 aromatic carbocycles. The number of aliphatic hydroxyl groups is 1. The van der Waals surface area contributed by atoms with Gasteiger partial charge in [0.15, 0.2) is 0 Å². The number of hydrogen-bond acceptors (Lipinski definition) is 1. The van der Waals surface area contributed by atoms with Crippen molar-refractivity contribution in [3.63, 3.8) is 0 Å². The summed E-state index contributed by atoms with van der Waals surface area (Å²) >= 11 is 0. The third-order valence-electron chi connectivity index (χ3n) is 1.61. The second-order valence-electron chi connectivity index (χ2n) is 3.45. The van der Waals surface area contributed by atoms with Gasteiger partial charge in [0.25, 0.3) is 0 Å². The zero-order valence-electron chi connectivity index (χ0n) is 6.94. The number of hydrogen-bond donors (Lipinski definition) is 1. The summed E-state index contributed by atoms with van der Waals surface area (Å²) in [6.45, 7) is 8.17. The minimum absolute atomic E-state index is 0.436. The molecule has 0 saturated carbocycles. The van der Waals surface area contributed by atoms with Crippen LogP contribution in [-0.2, 0) is 0 Å². The average molecular weight is 130 g/mol. The molecule has 0 unspecified atom stereocenters. The van der Waals surface area contributed by atoms with E-state index in [1.165, 1.54) is 0 Å². The van der Waals surface area contributed by atoms with E-state index in [1.54, 1.807) is 0 Å². The second-order valence-corrected chi connectivity index (χ2v) is 3.45. The van der Waals surface area contributed by atoms with Crippen LogP contribution in [-0.4, -0.2) is 10.7 Å². The minimum atomic E-state index is -0.436. The van der Waals surface area contributed by atoms with Crippen LogP contribution in [0.1, 0.15) is 40.5 Å². The van der Waals surface area contributed by atoms with E-state index in [0.717, 1.165) is 12.8 Å². The maximum atomic E-state index is 9.49. The molecule has 1 nitrogen and oxygen atoms in total. The van der Waals surface area contributed by atoms with Gasteiger partial charge >= 0.3 is 0 Å². The SMILES string of the molecule is CC[C@](C)(O)CC(C)C. The van der Waals surface area contributed by atoms with E-state index < -0.39 is 5.60 Å². The van der Waals surface area contributed by atoms with Crippen LogP contribution < -0.4 is 0 Å². The summed E-state index contributed by atoms with van der Waals surface area (Å²) in [5.74, 6) is 0.597. The molecule has 0 aromatic heterocycles. The smallest absolute Gasteiger partial charge is 0.0619 e. The third kappa shape index (κ3) is 4.46. The predicted molar refractivity (Wildman–Crippen MR) is 40.4 cm³/mol. The largest absolute Gasteiger partial charge is 0.390 e. The van der Waals surface area contributed by atoms with Crippen LogP contribution >= 0.6 is 0 Å². The summed E-state index contributed by atoms with van der Waals surface area (Å²) in [5.41, 5.74) is -0.436. The van der Waals surface area contributed by atoms with Crippen LogP contribution in [0.2, 0.25) is 0 Å². The second kappa shape index (κ2) is 3.21. The number of rotatable bonds is 3. The molecule has 0 aromatic rings. The lowest BCUT2D eigenvalue weighted by Crippen LogP contribution is -2.24. The average Bonchev–Trinajstić information content (AvgIpc) is 1.63. The molecule has 0 aliphatic carbocycles. The lowest BCUT2D eigenvalue weighted by Gasteiger charge is -2.22. The summed E-state index contributed by atoms with van der Waals surface area (Å²) < 4.78 is 0. The fourth-order valence-electron chi connectivity index (χ4n) is 1.02. The molecule has 0 radical (unpaired) electrons. The van der Waals surface area contributed by atoms with E-state index in [0.29, 0.717) is 5.92 Å². The van der Waals surface area contributed by atoms with E-state index in [4.69, 9.17) is 0 Å². The van der Waals surface area contributed by atoms with Crippen molar-refractivity contribution >= 4 is 0 Å². The maximum absolute atomic E-state index is 9.49. The van der Waals surface area contributed by atoms with E-state index >= 15 is 0 Å². The lowest BCUT2D eigenvalue weighted by atomic mass is 9.92. The Labute approximate surface area is 58.1 Å². The molecular formula is C8H18O. The Morgan fingerprint density at radius 2 is 1.89 bits per heavy atom. The molecule has 9 heavy (non-hydrogen) atoms. The fraction of sp³-hybridized carbons (Fsp3) is 1.00. The molecule has 0 rings (SSSR count). The summed E-state index contributed by atoms with van der Waals surface area (Å²) in [5, 5.41) is 9.49. The first-order valence-electron chi connectivity index (χ1n) is 3.70. The molecule has 1 heteroatoms. The van der Waals surface area contributed by atoms with Gasteiger partial charge in [-0.3, -0.25) is 0 Å². The van der Waals surface area contributed by atoms with Crippen LogP contribution in [0.4, 0.5) is 0 Å². The van der Waals surface area contributed by atoms with Crippen molar-refractivity contribution in [1.82, 2.24) is 0 Å². The Bertz CT molecular complexity index is 74.6. The Morgan fingerprint density at radius 3 is 2.00 bits per heavy atom.